The van der Waals surface area contributed by atoms with E-state index in [1.807, 2.05) is 0 Å². The first-order valence-corrected chi connectivity index (χ1v) is 12.1. The second-order valence-electron chi connectivity index (χ2n) is 8.84. The van der Waals surface area contributed by atoms with Crippen molar-refractivity contribution in [1.82, 2.24) is 10.3 Å². The molecule has 1 aliphatic rings. The molecule has 2 heterocycles. The van der Waals surface area contributed by atoms with Crippen LogP contribution in [0, 0.1) is 11.2 Å². The van der Waals surface area contributed by atoms with Crippen LogP contribution >= 0.6 is 0 Å². The number of halogens is 1. The molecular formula is C26H32FN5O4. The van der Waals surface area contributed by atoms with Crippen molar-refractivity contribution in [3.05, 3.63) is 47.9 Å². The molecule has 10 heteroatoms. The number of ketones is 1. The van der Waals surface area contributed by atoms with Crippen LogP contribution in [0.4, 0.5) is 14.9 Å². The minimum absolute atomic E-state index is 0.0948. The molecule has 2 amide bonds. The normalized spacial score (nSPS) is 15.0. The zero-order valence-electron chi connectivity index (χ0n) is 20.4. The summed E-state index contributed by atoms with van der Waals surface area (Å²) in [6.07, 6.45) is 4.32. The zero-order chi connectivity index (χ0) is 26.1. The van der Waals surface area contributed by atoms with Gasteiger partial charge in [-0.3, -0.25) is 19.9 Å². The lowest BCUT2D eigenvalue weighted by Crippen LogP contribution is -2.33. The molecule has 0 aliphatic carbocycles. The highest BCUT2D eigenvalue weighted by atomic mass is 19.1. The fourth-order valence-corrected chi connectivity index (χ4v) is 3.98. The molecule has 0 bridgehead atoms. The number of benzene rings is 1. The molecule has 3 rings (SSSR count). The molecule has 192 valence electrons. The Morgan fingerprint density at radius 3 is 2.58 bits per heavy atom. The second kappa shape index (κ2) is 12.8. The van der Waals surface area contributed by atoms with Crippen molar-refractivity contribution >= 4 is 29.3 Å². The Kier molecular flexibility index (Phi) is 9.49. The van der Waals surface area contributed by atoms with E-state index in [0.29, 0.717) is 24.2 Å². The number of carbonyl (C=O) groups excluding carboxylic acids is 3. The SMILES string of the molecule is CC(=O)NC[C@H]1CN(c2ccc(-c3cccc(C(=O)CCCCCCCC(=N)N)n3)c(F)c2)C(=O)O1. The van der Waals surface area contributed by atoms with Crippen LogP contribution in [-0.2, 0) is 9.53 Å². The van der Waals surface area contributed by atoms with Crippen LogP contribution in [0.5, 0.6) is 0 Å². The summed E-state index contributed by atoms with van der Waals surface area (Å²) in [7, 11) is 0. The number of Topliss-reactive ketones (excluding diaryl/α,β-unsaturated/α-hetero) is 1. The van der Waals surface area contributed by atoms with Crippen LogP contribution < -0.4 is 16.0 Å². The number of rotatable bonds is 13. The summed E-state index contributed by atoms with van der Waals surface area (Å²) in [5, 5.41) is 9.82. The topological polar surface area (TPSA) is 138 Å². The third kappa shape index (κ3) is 7.59. The number of anilines is 1. The van der Waals surface area contributed by atoms with Gasteiger partial charge in [0.2, 0.25) is 5.91 Å². The van der Waals surface area contributed by atoms with Crippen LogP contribution in [0.15, 0.2) is 36.4 Å². The summed E-state index contributed by atoms with van der Waals surface area (Å²) < 4.78 is 20.2. The molecule has 4 N–H and O–H groups in total. The molecule has 36 heavy (non-hydrogen) atoms. The number of hydrogen-bond donors (Lipinski definition) is 3. The lowest BCUT2D eigenvalue weighted by atomic mass is 10.0. The summed E-state index contributed by atoms with van der Waals surface area (Å²) in [6.45, 7) is 1.75. The van der Waals surface area contributed by atoms with Gasteiger partial charge in [-0.2, -0.15) is 0 Å². The molecule has 9 nitrogen and oxygen atoms in total. The predicted molar refractivity (Wildman–Crippen MR) is 134 cm³/mol. The Hall–Kier alpha value is -3.82. The number of nitrogens with one attached hydrogen (secondary N) is 2. The van der Waals surface area contributed by atoms with E-state index in [-0.39, 0.29) is 41.9 Å². The number of nitrogens with two attached hydrogens (primary N) is 1. The first kappa shape index (κ1) is 26.8. The Morgan fingerprint density at radius 1 is 1.17 bits per heavy atom. The molecule has 1 aromatic carbocycles. The minimum atomic E-state index is -0.609. The lowest BCUT2D eigenvalue weighted by molar-refractivity contribution is -0.119. The predicted octanol–water partition coefficient (Wildman–Crippen LogP) is 4.20. The van der Waals surface area contributed by atoms with Crippen molar-refractivity contribution in [1.29, 1.82) is 5.41 Å². The first-order chi connectivity index (χ1) is 17.2. The number of pyridine rings is 1. The Bertz CT molecular complexity index is 1120. The van der Waals surface area contributed by atoms with E-state index in [2.05, 4.69) is 10.3 Å². The van der Waals surface area contributed by atoms with Gasteiger partial charge in [-0.05, 0) is 43.2 Å². The van der Waals surface area contributed by atoms with Crippen molar-refractivity contribution in [3.63, 3.8) is 0 Å². The van der Waals surface area contributed by atoms with Crippen molar-refractivity contribution in [2.24, 2.45) is 5.73 Å². The number of hydrogen-bond acceptors (Lipinski definition) is 6. The van der Waals surface area contributed by atoms with Gasteiger partial charge in [-0.25, -0.2) is 14.2 Å². The van der Waals surface area contributed by atoms with E-state index >= 15 is 4.39 Å². The summed E-state index contributed by atoms with van der Waals surface area (Å²) in [6, 6.07) is 9.30. The van der Waals surface area contributed by atoms with Gasteiger partial charge in [0.1, 0.15) is 17.6 Å². The lowest BCUT2D eigenvalue weighted by Gasteiger charge is -2.14. The van der Waals surface area contributed by atoms with Gasteiger partial charge in [0.25, 0.3) is 0 Å². The van der Waals surface area contributed by atoms with Crippen molar-refractivity contribution in [2.75, 3.05) is 18.0 Å². The molecule has 0 unspecified atom stereocenters. The minimum Gasteiger partial charge on any atom is -0.442 e. The fourth-order valence-electron chi connectivity index (χ4n) is 3.98. The van der Waals surface area contributed by atoms with E-state index in [1.54, 1.807) is 24.3 Å². The summed E-state index contributed by atoms with van der Waals surface area (Å²) in [5.74, 6) is -0.696. The van der Waals surface area contributed by atoms with E-state index < -0.39 is 18.0 Å². The van der Waals surface area contributed by atoms with Gasteiger partial charge in [-0.15, -0.1) is 0 Å². The summed E-state index contributed by atoms with van der Waals surface area (Å²) >= 11 is 0. The van der Waals surface area contributed by atoms with Crippen molar-refractivity contribution in [2.45, 2.75) is 58.0 Å². The van der Waals surface area contributed by atoms with Gasteiger partial charge < -0.3 is 15.8 Å². The number of amidine groups is 1. The van der Waals surface area contributed by atoms with Crippen LogP contribution in [0.1, 0.15) is 62.4 Å². The Morgan fingerprint density at radius 2 is 1.89 bits per heavy atom. The standard InChI is InChI=1S/C26H32FN5O4/c1-17(33)30-15-19-16-32(26(35)36-19)18-12-13-20(21(27)14-18)22-8-7-9-23(31-22)24(34)10-5-3-2-4-6-11-25(28)29/h7-9,12-14,19H,2-6,10-11,15-16H2,1H3,(H3,28,29)(H,30,33)/t19-/m0/s1. The maximum Gasteiger partial charge on any atom is 0.414 e. The molecular weight excluding hydrogens is 465 g/mol. The van der Waals surface area contributed by atoms with E-state index in [0.717, 1.165) is 32.1 Å². The number of ether oxygens (including phenoxy) is 1. The average Bonchev–Trinajstić information content (AvgIpc) is 3.22. The largest absolute Gasteiger partial charge is 0.442 e. The maximum absolute atomic E-state index is 15.0. The number of carbonyl (C=O) groups is 3. The van der Waals surface area contributed by atoms with Gasteiger partial charge in [0, 0.05) is 25.3 Å². The third-order valence-electron chi connectivity index (χ3n) is 5.88. The number of unbranched alkanes of at least 4 members (excludes halogenated alkanes) is 4. The Labute approximate surface area is 209 Å². The van der Waals surface area contributed by atoms with E-state index in [1.165, 1.54) is 24.0 Å². The van der Waals surface area contributed by atoms with Crippen LogP contribution in [0.2, 0.25) is 0 Å². The van der Waals surface area contributed by atoms with Crippen LogP contribution in [0.3, 0.4) is 0 Å². The van der Waals surface area contributed by atoms with Gasteiger partial charge in [-0.1, -0.05) is 25.3 Å². The highest BCUT2D eigenvalue weighted by Gasteiger charge is 2.32. The molecule has 1 atom stereocenters. The molecule has 2 aromatic rings. The quantitative estimate of drug-likeness (QED) is 0.164. The molecule has 0 radical (unpaired) electrons. The summed E-state index contributed by atoms with van der Waals surface area (Å²) in [4.78, 5) is 41.6. The van der Waals surface area contributed by atoms with Crippen LogP contribution in [-0.4, -0.2) is 47.8 Å². The summed E-state index contributed by atoms with van der Waals surface area (Å²) in [5.41, 5.74) is 6.52. The maximum atomic E-state index is 15.0. The molecule has 1 aromatic heterocycles. The number of aromatic nitrogens is 1. The van der Waals surface area contributed by atoms with E-state index in [9.17, 15) is 14.4 Å². The number of nitrogens with zero attached hydrogens (tertiary/aromatic N) is 2. The second-order valence-corrected chi connectivity index (χ2v) is 8.84. The Balaban J connectivity index is 1.58. The highest BCUT2D eigenvalue weighted by Crippen LogP contribution is 2.28. The van der Waals surface area contributed by atoms with Crippen molar-refractivity contribution < 1.29 is 23.5 Å². The molecule has 1 aliphatic heterocycles. The fraction of sp³-hybridized carbons (Fsp3) is 0.423. The van der Waals surface area contributed by atoms with Crippen LogP contribution in [0.25, 0.3) is 11.3 Å². The molecule has 0 saturated carbocycles. The zero-order valence-corrected chi connectivity index (χ0v) is 20.4. The van der Waals surface area contributed by atoms with E-state index in [4.69, 9.17) is 15.9 Å². The van der Waals surface area contributed by atoms with Crippen molar-refractivity contribution in [3.8, 4) is 11.3 Å². The average molecular weight is 498 g/mol. The highest BCUT2D eigenvalue weighted by molar-refractivity contribution is 5.94. The molecule has 1 fully saturated rings. The van der Waals surface area contributed by atoms with Gasteiger partial charge >= 0.3 is 6.09 Å². The van der Waals surface area contributed by atoms with Gasteiger partial charge in [0.05, 0.1) is 30.3 Å². The molecule has 0 spiro atoms. The monoisotopic (exact) mass is 497 g/mol. The van der Waals surface area contributed by atoms with Gasteiger partial charge in [0.15, 0.2) is 5.78 Å². The molecule has 1 saturated heterocycles. The number of cyclic esters (lactones) is 1. The first-order valence-electron chi connectivity index (χ1n) is 12.1. The number of amides is 2. The smallest absolute Gasteiger partial charge is 0.414 e. The third-order valence-corrected chi connectivity index (χ3v) is 5.88.